The molecule has 2 heterocycles. The van der Waals surface area contributed by atoms with Crippen LogP contribution < -0.4 is 0 Å². The average Bonchev–Trinajstić information content (AvgIpc) is 2.71. The van der Waals surface area contributed by atoms with Crippen molar-refractivity contribution in [1.29, 1.82) is 0 Å². The highest BCUT2D eigenvalue weighted by Crippen LogP contribution is 2.26. The third-order valence-electron chi connectivity index (χ3n) is 2.63. The molecule has 0 radical (unpaired) electrons. The monoisotopic (exact) mass is 158 g/mol. The maximum atomic E-state index is 4.44. The molecule has 0 fully saturated rings. The number of rotatable bonds is 0. The number of aromatic nitrogens is 2. The van der Waals surface area contributed by atoms with Crippen LogP contribution >= 0.6 is 0 Å². The Labute approximate surface area is 70.6 Å². The molecule has 3 rings (SSSR count). The molecule has 0 atom stereocenters. The molecule has 1 aliphatic carbocycles. The van der Waals surface area contributed by atoms with Crippen molar-refractivity contribution in [3.8, 4) is 0 Å². The number of H-pyrrole nitrogens is 1. The topological polar surface area (TPSA) is 28.7 Å². The molecule has 2 nitrogen and oxygen atoms in total. The second-order valence-electron chi connectivity index (χ2n) is 3.35. The maximum Gasteiger partial charge on any atom is 0.0520 e. The predicted molar refractivity (Wildman–Crippen MR) is 48.1 cm³/mol. The van der Waals surface area contributed by atoms with E-state index in [4.69, 9.17) is 0 Å². The molecule has 0 aliphatic heterocycles. The van der Waals surface area contributed by atoms with Gasteiger partial charge in [-0.25, -0.2) is 0 Å². The summed E-state index contributed by atoms with van der Waals surface area (Å²) in [5.41, 5.74) is 4.04. The van der Waals surface area contributed by atoms with Gasteiger partial charge in [0.2, 0.25) is 0 Å². The van der Waals surface area contributed by atoms with Crippen molar-refractivity contribution in [3.63, 3.8) is 0 Å². The first kappa shape index (κ1) is 6.23. The highest BCUT2D eigenvalue weighted by atomic mass is 14.7. The van der Waals surface area contributed by atoms with E-state index in [2.05, 4.69) is 16.0 Å². The number of hydrogen-bond donors (Lipinski definition) is 1. The highest BCUT2D eigenvalue weighted by Gasteiger charge is 2.15. The second kappa shape index (κ2) is 2.09. The minimum atomic E-state index is 1.16. The molecule has 2 aromatic heterocycles. The standard InChI is InChI=1S/C10H10N2/c1-2-8-9(3-1)12-6-7-4-5-11-10(7)8/h4-6,11H,1-3H2. The molecular weight excluding hydrogens is 148 g/mol. The van der Waals surface area contributed by atoms with E-state index in [9.17, 15) is 0 Å². The van der Waals surface area contributed by atoms with Crippen LogP contribution in [0.15, 0.2) is 18.5 Å². The van der Waals surface area contributed by atoms with Crippen LogP contribution in [0.2, 0.25) is 0 Å². The van der Waals surface area contributed by atoms with Gasteiger partial charge in [-0.3, -0.25) is 4.98 Å². The lowest BCUT2D eigenvalue weighted by Crippen LogP contribution is -1.87. The minimum absolute atomic E-state index is 1.16. The van der Waals surface area contributed by atoms with E-state index in [1.165, 1.54) is 35.0 Å². The number of aromatic amines is 1. The lowest BCUT2D eigenvalue weighted by molar-refractivity contribution is 0.900. The third kappa shape index (κ3) is 0.670. The Kier molecular flexibility index (Phi) is 1.09. The van der Waals surface area contributed by atoms with E-state index in [1.54, 1.807) is 0 Å². The molecule has 12 heavy (non-hydrogen) atoms. The Morgan fingerprint density at radius 3 is 3.33 bits per heavy atom. The van der Waals surface area contributed by atoms with Crippen molar-refractivity contribution in [2.75, 3.05) is 0 Å². The molecule has 1 aliphatic rings. The zero-order chi connectivity index (χ0) is 7.97. The lowest BCUT2D eigenvalue weighted by Gasteiger charge is -1.98. The number of aryl methyl sites for hydroxylation is 2. The van der Waals surface area contributed by atoms with Crippen LogP contribution in [0.4, 0.5) is 0 Å². The molecule has 2 heteroatoms. The van der Waals surface area contributed by atoms with E-state index in [0.29, 0.717) is 0 Å². The van der Waals surface area contributed by atoms with Crippen molar-refractivity contribution in [1.82, 2.24) is 9.97 Å². The van der Waals surface area contributed by atoms with E-state index in [0.717, 1.165) is 6.42 Å². The molecule has 0 aromatic carbocycles. The number of fused-ring (bicyclic) bond motifs is 3. The molecule has 0 saturated carbocycles. The summed E-state index contributed by atoms with van der Waals surface area (Å²) in [7, 11) is 0. The van der Waals surface area contributed by atoms with Crippen molar-refractivity contribution < 1.29 is 0 Å². The summed E-state index contributed by atoms with van der Waals surface area (Å²) < 4.78 is 0. The predicted octanol–water partition coefficient (Wildman–Crippen LogP) is 2.05. The SMILES string of the molecule is c1cc2cnc3c(c2[nH]1)CCC3. The van der Waals surface area contributed by atoms with Crippen LogP contribution in [-0.4, -0.2) is 9.97 Å². The Morgan fingerprint density at radius 2 is 2.33 bits per heavy atom. The fraction of sp³-hybridized carbons (Fsp3) is 0.300. The van der Waals surface area contributed by atoms with Gasteiger partial charge in [0.15, 0.2) is 0 Å². The first-order valence-corrected chi connectivity index (χ1v) is 4.39. The van der Waals surface area contributed by atoms with Crippen LogP contribution in [-0.2, 0) is 12.8 Å². The van der Waals surface area contributed by atoms with Gasteiger partial charge in [0.05, 0.1) is 5.52 Å². The summed E-state index contributed by atoms with van der Waals surface area (Å²) in [5, 5.41) is 1.25. The first-order chi connectivity index (χ1) is 5.95. The van der Waals surface area contributed by atoms with E-state index < -0.39 is 0 Å². The summed E-state index contributed by atoms with van der Waals surface area (Å²) in [6, 6.07) is 2.08. The number of hydrogen-bond acceptors (Lipinski definition) is 1. The van der Waals surface area contributed by atoms with Gasteiger partial charge >= 0.3 is 0 Å². The molecular formula is C10H10N2. The second-order valence-corrected chi connectivity index (χ2v) is 3.35. The summed E-state index contributed by atoms with van der Waals surface area (Å²) in [4.78, 5) is 7.72. The zero-order valence-corrected chi connectivity index (χ0v) is 6.80. The van der Waals surface area contributed by atoms with E-state index in [-0.39, 0.29) is 0 Å². The van der Waals surface area contributed by atoms with Gasteiger partial charge in [0.25, 0.3) is 0 Å². The van der Waals surface area contributed by atoms with Crippen molar-refractivity contribution in [3.05, 3.63) is 29.7 Å². The van der Waals surface area contributed by atoms with Crippen LogP contribution in [0.25, 0.3) is 10.9 Å². The largest absolute Gasteiger partial charge is 0.361 e. The van der Waals surface area contributed by atoms with Gasteiger partial charge in [0, 0.05) is 23.5 Å². The van der Waals surface area contributed by atoms with Crippen molar-refractivity contribution in [2.24, 2.45) is 0 Å². The Morgan fingerprint density at radius 1 is 1.33 bits per heavy atom. The molecule has 0 saturated heterocycles. The average molecular weight is 158 g/mol. The van der Waals surface area contributed by atoms with Gasteiger partial charge < -0.3 is 4.98 Å². The normalized spacial score (nSPS) is 15.3. The highest BCUT2D eigenvalue weighted by molar-refractivity contribution is 5.82. The fourth-order valence-corrected chi connectivity index (χ4v) is 2.04. The molecule has 0 amide bonds. The van der Waals surface area contributed by atoms with Gasteiger partial charge in [-0.15, -0.1) is 0 Å². The van der Waals surface area contributed by atoms with Crippen LogP contribution in [0.1, 0.15) is 17.7 Å². The Balaban J connectivity index is 2.46. The summed E-state index contributed by atoms with van der Waals surface area (Å²) in [5.74, 6) is 0. The van der Waals surface area contributed by atoms with Crippen LogP contribution in [0.3, 0.4) is 0 Å². The van der Waals surface area contributed by atoms with Crippen LogP contribution in [0.5, 0.6) is 0 Å². The summed E-state index contributed by atoms with van der Waals surface area (Å²) in [6.45, 7) is 0. The number of nitrogens with zero attached hydrogens (tertiary/aromatic N) is 1. The van der Waals surface area contributed by atoms with Gasteiger partial charge in [-0.2, -0.15) is 0 Å². The number of pyridine rings is 1. The van der Waals surface area contributed by atoms with Gasteiger partial charge in [-0.1, -0.05) is 0 Å². The maximum absolute atomic E-state index is 4.44. The zero-order valence-electron chi connectivity index (χ0n) is 6.80. The molecule has 0 bridgehead atoms. The third-order valence-corrected chi connectivity index (χ3v) is 2.63. The van der Waals surface area contributed by atoms with E-state index in [1.807, 2.05) is 12.4 Å². The quantitative estimate of drug-likeness (QED) is 0.624. The molecule has 2 aromatic rings. The van der Waals surface area contributed by atoms with Crippen molar-refractivity contribution in [2.45, 2.75) is 19.3 Å². The number of nitrogens with one attached hydrogen (secondary N) is 1. The Hall–Kier alpha value is -1.31. The lowest BCUT2D eigenvalue weighted by atomic mass is 10.2. The fourth-order valence-electron chi connectivity index (χ4n) is 2.04. The Bertz CT molecular complexity index is 428. The smallest absolute Gasteiger partial charge is 0.0520 e. The van der Waals surface area contributed by atoms with E-state index >= 15 is 0 Å². The first-order valence-electron chi connectivity index (χ1n) is 4.39. The van der Waals surface area contributed by atoms with Gasteiger partial charge in [-0.05, 0) is 30.9 Å². The van der Waals surface area contributed by atoms with Crippen LogP contribution in [0, 0.1) is 0 Å². The van der Waals surface area contributed by atoms with Gasteiger partial charge in [0.1, 0.15) is 0 Å². The molecule has 60 valence electrons. The molecule has 0 spiro atoms. The summed E-state index contributed by atoms with van der Waals surface area (Å²) in [6.07, 6.45) is 7.58. The molecule has 1 N–H and O–H groups in total. The molecule has 0 unspecified atom stereocenters. The van der Waals surface area contributed by atoms with Crippen molar-refractivity contribution >= 4 is 10.9 Å². The minimum Gasteiger partial charge on any atom is -0.361 e. The summed E-state index contributed by atoms with van der Waals surface area (Å²) >= 11 is 0.